The minimum Gasteiger partial charge on any atom is -0.386 e. The molecule has 18 heavy (non-hydrogen) atoms. The van der Waals surface area contributed by atoms with Crippen molar-refractivity contribution in [3.05, 3.63) is 33.9 Å². The van der Waals surface area contributed by atoms with Crippen molar-refractivity contribution in [3.63, 3.8) is 0 Å². The molecule has 5 heteroatoms. The first-order valence-electron chi connectivity index (χ1n) is 6.06. The lowest BCUT2D eigenvalue weighted by atomic mass is 9.82. The van der Waals surface area contributed by atoms with Gasteiger partial charge in [-0.3, -0.25) is 10.1 Å². The van der Waals surface area contributed by atoms with E-state index in [9.17, 15) is 15.2 Å². The number of nitro groups is 1. The highest BCUT2D eigenvalue weighted by Crippen LogP contribution is 2.34. The molecule has 1 aromatic rings. The summed E-state index contributed by atoms with van der Waals surface area (Å²) in [6.07, 6.45) is 0. The van der Waals surface area contributed by atoms with E-state index in [4.69, 9.17) is 0 Å². The highest BCUT2D eigenvalue weighted by Gasteiger charge is 2.43. The molecule has 0 aromatic heterocycles. The average molecular weight is 250 g/mol. The summed E-state index contributed by atoms with van der Waals surface area (Å²) in [5, 5.41) is 21.1. The molecule has 0 amide bonds. The molecule has 5 nitrogen and oxygen atoms in total. The fourth-order valence-electron chi connectivity index (χ4n) is 2.15. The maximum absolute atomic E-state index is 10.9. The Kier molecular flexibility index (Phi) is 3.02. The Morgan fingerprint density at radius 1 is 1.44 bits per heavy atom. The maximum Gasteiger partial charge on any atom is 0.274 e. The van der Waals surface area contributed by atoms with Gasteiger partial charge in [-0.25, -0.2) is 0 Å². The third-order valence-corrected chi connectivity index (χ3v) is 3.76. The van der Waals surface area contributed by atoms with Gasteiger partial charge in [0.05, 0.1) is 4.92 Å². The van der Waals surface area contributed by atoms with Crippen LogP contribution in [-0.2, 0) is 0 Å². The minimum absolute atomic E-state index is 0.132. The van der Waals surface area contributed by atoms with E-state index in [-0.39, 0.29) is 16.5 Å². The van der Waals surface area contributed by atoms with Gasteiger partial charge in [-0.05, 0) is 18.9 Å². The number of rotatable bonds is 3. The van der Waals surface area contributed by atoms with Crippen LogP contribution in [0.2, 0.25) is 0 Å². The second-order valence-electron chi connectivity index (χ2n) is 5.34. The molecule has 0 radical (unpaired) electrons. The van der Waals surface area contributed by atoms with Crippen LogP contribution in [0.15, 0.2) is 18.2 Å². The Balaban J connectivity index is 2.18. The van der Waals surface area contributed by atoms with Crippen molar-refractivity contribution in [1.82, 2.24) is 0 Å². The summed E-state index contributed by atoms with van der Waals surface area (Å²) in [5.74, 6) is 0.189. The van der Waals surface area contributed by atoms with Crippen LogP contribution in [0, 0.1) is 23.0 Å². The van der Waals surface area contributed by atoms with Crippen LogP contribution < -0.4 is 4.90 Å². The van der Waals surface area contributed by atoms with Crippen LogP contribution in [0.5, 0.6) is 0 Å². The maximum atomic E-state index is 10.9. The molecule has 1 aliphatic rings. The monoisotopic (exact) mass is 250 g/mol. The molecule has 0 unspecified atom stereocenters. The molecule has 1 heterocycles. The van der Waals surface area contributed by atoms with E-state index >= 15 is 0 Å². The normalized spacial score (nSPS) is 17.7. The van der Waals surface area contributed by atoms with E-state index in [0.717, 1.165) is 5.69 Å². The van der Waals surface area contributed by atoms with Crippen LogP contribution in [0.1, 0.15) is 19.4 Å². The topological polar surface area (TPSA) is 66.6 Å². The predicted molar refractivity (Wildman–Crippen MR) is 69.8 cm³/mol. The Hall–Kier alpha value is -1.62. The molecule has 1 saturated heterocycles. The average Bonchev–Trinajstić information content (AvgIpc) is 2.25. The summed E-state index contributed by atoms with van der Waals surface area (Å²) in [4.78, 5) is 12.5. The number of anilines is 1. The molecule has 1 aromatic carbocycles. The lowest BCUT2D eigenvalue weighted by molar-refractivity contribution is -0.385. The van der Waals surface area contributed by atoms with E-state index in [2.05, 4.69) is 0 Å². The molecule has 1 N–H and O–H groups in total. The number of benzene rings is 1. The SMILES string of the molecule is Cc1ccc(N2CC(O)(C(C)C)C2)cc1[N+](=O)[O-]. The van der Waals surface area contributed by atoms with Crippen molar-refractivity contribution in [3.8, 4) is 0 Å². The third-order valence-electron chi connectivity index (χ3n) is 3.76. The Morgan fingerprint density at radius 2 is 2.06 bits per heavy atom. The molecule has 0 atom stereocenters. The molecule has 1 fully saturated rings. The highest BCUT2D eigenvalue weighted by molar-refractivity contribution is 5.58. The summed E-state index contributed by atoms with van der Waals surface area (Å²) in [5.41, 5.74) is 0.924. The van der Waals surface area contributed by atoms with E-state index in [0.29, 0.717) is 18.7 Å². The quantitative estimate of drug-likeness (QED) is 0.659. The van der Waals surface area contributed by atoms with Gasteiger partial charge in [-0.2, -0.15) is 0 Å². The molecule has 0 aliphatic carbocycles. The van der Waals surface area contributed by atoms with Gasteiger partial charge in [0.25, 0.3) is 5.69 Å². The smallest absolute Gasteiger partial charge is 0.274 e. The van der Waals surface area contributed by atoms with Crippen molar-refractivity contribution in [1.29, 1.82) is 0 Å². The second-order valence-corrected chi connectivity index (χ2v) is 5.34. The van der Waals surface area contributed by atoms with Gasteiger partial charge < -0.3 is 10.0 Å². The van der Waals surface area contributed by atoms with Crippen molar-refractivity contribution in [2.24, 2.45) is 5.92 Å². The van der Waals surface area contributed by atoms with E-state index in [1.54, 1.807) is 19.1 Å². The first-order valence-corrected chi connectivity index (χ1v) is 6.06. The van der Waals surface area contributed by atoms with Crippen molar-refractivity contribution < 1.29 is 10.0 Å². The van der Waals surface area contributed by atoms with Gasteiger partial charge in [-0.15, -0.1) is 0 Å². The summed E-state index contributed by atoms with van der Waals surface area (Å²) in [6, 6.07) is 5.19. The first kappa shape index (κ1) is 12.8. The molecule has 1 aliphatic heterocycles. The predicted octanol–water partition coefficient (Wildman–Crippen LogP) is 2.11. The summed E-state index contributed by atoms with van der Waals surface area (Å²) >= 11 is 0. The van der Waals surface area contributed by atoms with Gasteiger partial charge >= 0.3 is 0 Å². The van der Waals surface area contributed by atoms with Crippen LogP contribution in [-0.4, -0.2) is 28.7 Å². The largest absolute Gasteiger partial charge is 0.386 e. The molecule has 0 saturated carbocycles. The second kappa shape index (κ2) is 4.24. The molecule has 0 spiro atoms. The first-order chi connectivity index (χ1) is 8.33. The van der Waals surface area contributed by atoms with E-state index in [1.807, 2.05) is 24.8 Å². The molecular weight excluding hydrogens is 232 g/mol. The molecule has 2 rings (SSSR count). The molecule has 0 bridgehead atoms. The van der Waals surface area contributed by atoms with Crippen LogP contribution in [0.4, 0.5) is 11.4 Å². The lowest BCUT2D eigenvalue weighted by Gasteiger charge is -2.50. The number of aliphatic hydroxyl groups is 1. The Bertz CT molecular complexity index is 479. The van der Waals surface area contributed by atoms with Gasteiger partial charge in [-0.1, -0.05) is 19.9 Å². The Labute approximate surface area is 106 Å². The van der Waals surface area contributed by atoms with Gasteiger partial charge in [0.1, 0.15) is 5.60 Å². The lowest BCUT2D eigenvalue weighted by Crippen LogP contribution is -2.64. The van der Waals surface area contributed by atoms with Gasteiger partial charge in [0.15, 0.2) is 0 Å². The van der Waals surface area contributed by atoms with Crippen LogP contribution in [0.3, 0.4) is 0 Å². The summed E-state index contributed by atoms with van der Waals surface area (Å²) < 4.78 is 0. The zero-order valence-electron chi connectivity index (χ0n) is 10.9. The number of β-amino-alcohol motifs (C(OH)–C–C–N with tert-alkyl or cyclic N) is 1. The fourth-order valence-corrected chi connectivity index (χ4v) is 2.15. The van der Waals surface area contributed by atoms with E-state index in [1.165, 1.54) is 0 Å². The summed E-state index contributed by atoms with van der Waals surface area (Å²) in [6.45, 7) is 6.75. The highest BCUT2D eigenvalue weighted by atomic mass is 16.6. The molecule has 98 valence electrons. The summed E-state index contributed by atoms with van der Waals surface area (Å²) in [7, 11) is 0. The number of nitrogens with zero attached hydrogens (tertiary/aromatic N) is 2. The minimum atomic E-state index is -0.667. The van der Waals surface area contributed by atoms with E-state index < -0.39 is 5.60 Å². The third kappa shape index (κ3) is 2.06. The van der Waals surface area contributed by atoms with Crippen LogP contribution >= 0.6 is 0 Å². The molecular formula is C13H18N2O3. The Morgan fingerprint density at radius 3 is 2.56 bits per heavy atom. The van der Waals surface area contributed by atoms with Crippen molar-refractivity contribution >= 4 is 11.4 Å². The fraction of sp³-hybridized carbons (Fsp3) is 0.538. The number of hydrogen-bond acceptors (Lipinski definition) is 4. The van der Waals surface area contributed by atoms with Crippen molar-refractivity contribution in [2.45, 2.75) is 26.4 Å². The van der Waals surface area contributed by atoms with Gasteiger partial charge in [0, 0.05) is 30.4 Å². The van der Waals surface area contributed by atoms with Crippen LogP contribution in [0.25, 0.3) is 0 Å². The zero-order valence-corrected chi connectivity index (χ0v) is 10.9. The number of nitro benzene ring substituents is 1. The van der Waals surface area contributed by atoms with Crippen molar-refractivity contribution in [2.75, 3.05) is 18.0 Å². The standard InChI is InChI=1S/C13H18N2O3/c1-9(2)13(16)7-14(8-13)11-5-4-10(3)12(6-11)15(17)18/h4-6,9,16H,7-8H2,1-3H3. The zero-order chi connectivity index (χ0) is 13.5. The number of aryl methyl sites for hydroxylation is 1. The van der Waals surface area contributed by atoms with Gasteiger partial charge in [0.2, 0.25) is 0 Å². The number of hydrogen-bond donors (Lipinski definition) is 1.